The van der Waals surface area contributed by atoms with Crippen LogP contribution < -0.4 is 5.32 Å². The fraction of sp³-hybridized carbons (Fsp3) is 0.417. The van der Waals surface area contributed by atoms with Crippen molar-refractivity contribution in [3.8, 4) is 0 Å². The van der Waals surface area contributed by atoms with Crippen molar-refractivity contribution in [2.45, 2.75) is 27.3 Å². The van der Waals surface area contributed by atoms with Crippen molar-refractivity contribution >= 4 is 16.3 Å². The van der Waals surface area contributed by atoms with Gasteiger partial charge in [-0.25, -0.2) is 4.98 Å². The smallest absolute Gasteiger partial charge is 0.194 e. The van der Waals surface area contributed by atoms with Gasteiger partial charge in [0.2, 0.25) is 0 Å². The van der Waals surface area contributed by atoms with E-state index in [0.717, 1.165) is 29.3 Å². The molecule has 2 heterocycles. The molecule has 0 aliphatic rings. The minimum absolute atomic E-state index is 0.845. The molecule has 0 saturated heterocycles. The van der Waals surface area contributed by atoms with Gasteiger partial charge in [0.15, 0.2) is 4.96 Å². The summed E-state index contributed by atoms with van der Waals surface area (Å²) in [6.07, 6.45) is 0. The summed E-state index contributed by atoms with van der Waals surface area (Å²) < 4.78 is 2.23. The SMILES string of the molecule is C=C(C)CNCc1c(C)nc2scc(C)n12. The fourth-order valence-corrected chi connectivity index (χ4v) is 2.70. The summed E-state index contributed by atoms with van der Waals surface area (Å²) in [5.41, 5.74) is 4.78. The molecule has 0 bridgehead atoms. The Morgan fingerprint density at radius 3 is 3.00 bits per heavy atom. The number of imidazole rings is 1. The Labute approximate surface area is 99.8 Å². The zero-order chi connectivity index (χ0) is 11.7. The van der Waals surface area contributed by atoms with Crippen LogP contribution in [0.3, 0.4) is 0 Å². The number of nitrogens with zero attached hydrogens (tertiary/aromatic N) is 2. The molecule has 0 amide bonds. The third kappa shape index (κ3) is 2.03. The Morgan fingerprint density at radius 2 is 2.31 bits per heavy atom. The summed E-state index contributed by atoms with van der Waals surface area (Å²) in [5.74, 6) is 0. The quantitative estimate of drug-likeness (QED) is 0.826. The van der Waals surface area contributed by atoms with Crippen molar-refractivity contribution in [3.05, 3.63) is 34.6 Å². The molecule has 86 valence electrons. The third-order valence-corrected chi connectivity index (χ3v) is 3.49. The molecule has 0 spiro atoms. The average Bonchev–Trinajstić information content (AvgIpc) is 2.69. The van der Waals surface area contributed by atoms with Crippen LogP contribution in [0, 0.1) is 13.8 Å². The van der Waals surface area contributed by atoms with Crippen molar-refractivity contribution in [2.24, 2.45) is 0 Å². The Kier molecular flexibility index (Phi) is 3.12. The molecular weight excluding hydrogens is 218 g/mol. The van der Waals surface area contributed by atoms with Crippen LogP contribution in [0.4, 0.5) is 0 Å². The second kappa shape index (κ2) is 4.39. The summed E-state index contributed by atoms with van der Waals surface area (Å²) >= 11 is 1.70. The van der Waals surface area contributed by atoms with Gasteiger partial charge < -0.3 is 5.32 Å². The summed E-state index contributed by atoms with van der Waals surface area (Å²) in [6.45, 7) is 11.8. The van der Waals surface area contributed by atoms with E-state index in [0.29, 0.717) is 0 Å². The maximum atomic E-state index is 4.55. The second-order valence-electron chi connectivity index (χ2n) is 4.20. The minimum Gasteiger partial charge on any atom is -0.307 e. The van der Waals surface area contributed by atoms with Crippen molar-refractivity contribution in [2.75, 3.05) is 6.54 Å². The van der Waals surface area contributed by atoms with Crippen LogP contribution in [0.5, 0.6) is 0 Å². The van der Waals surface area contributed by atoms with Crippen LogP contribution in [0.2, 0.25) is 0 Å². The third-order valence-electron chi connectivity index (χ3n) is 2.55. The van der Waals surface area contributed by atoms with Gasteiger partial charge in [-0.1, -0.05) is 12.2 Å². The lowest BCUT2D eigenvalue weighted by molar-refractivity contribution is 0.712. The van der Waals surface area contributed by atoms with Gasteiger partial charge in [-0.2, -0.15) is 0 Å². The average molecular weight is 235 g/mol. The summed E-state index contributed by atoms with van der Waals surface area (Å²) in [5, 5.41) is 5.52. The largest absolute Gasteiger partial charge is 0.307 e. The van der Waals surface area contributed by atoms with Gasteiger partial charge in [-0.3, -0.25) is 4.40 Å². The summed E-state index contributed by atoms with van der Waals surface area (Å²) in [6, 6.07) is 0. The molecule has 4 heteroatoms. The maximum Gasteiger partial charge on any atom is 0.194 e. The van der Waals surface area contributed by atoms with Crippen LogP contribution in [0.1, 0.15) is 24.0 Å². The fourth-order valence-electron chi connectivity index (χ4n) is 1.77. The van der Waals surface area contributed by atoms with E-state index in [-0.39, 0.29) is 0 Å². The van der Waals surface area contributed by atoms with Gasteiger partial charge in [0.1, 0.15) is 0 Å². The molecular formula is C12H17N3S. The maximum absolute atomic E-state index is 4.55. The lowest BCUT2D eigenvalue weighted by Crippen LogP contribution is -2.17. The standard InChI is InChI=1S/C12H17N3S/c1-8(2)5-13-6-11-10(4)14-12-15(11)9(3)7-16-12/h7,13H,1,5-6H2,2-4H3. The van der Waals surface area contributed by atoms with Crippen LogP contribution in [-0.4, -0.2) is 15.9 Å². The molecule has 2 aromatic rings. The number of hydrogen-bond acceptors (Lipinski definition) is 3. The number of fused-ring (bicyclic) bond motifs is 1. The molecule has 3 nitrogen and oxygen atoms in total. The van der Waals surface area contributed by atoms with Crippen LogP contribution in [-0.2, 0) is 6.54 Å². The van der Waals surface area contributed by atoms with E-state index in [4.69, 9.17) is 0 Å². The zero-order valence-corrected chi connectivity index (χ0v) is 10.8. The first-order valence-corrected chi connectivity index (χ1v) is 6.24. The van der Waals surface area contributed by atoms with E-state index in [2.05, 4.69) is 40.5 Å². The predicted molar refractivity (Wildman–Crippen MR) is 69.1 cm³/mol. The number of hydrogen-bond donors (Lipinski definition) is 1. The lowest BCUT2D eigenvalue weighted by Gasteiger charge is -2.05. The zero-order valence-electron chi connectivity index (χ0n) is 10.0. The summed E-state index contributed by atoms with van der Waals surface area (Å²) in [4.78, 5) is 5.64. The monoisotopic (exact) mass is 235 g/mol. The molecule has 2 rings (SSSR count). The number of aromatic nitrogens is 2. The molecule has 0 unspecified atom stereocenters. The number of rotatable bonds is 4. The van der Waals surface area contributed by atoms with E-state index in [1.165, 1.54) is 11.4 Å². The van der Waals surface area contributed by atoms with E-state index in [1.54, 1.807) is 11.3 Å². The van der Waals surface area contributed by atoms with Gasteiger partial charge in [-0.05, 0) is 20.8 Å². The number of aryl methyl sites for hydroxylation is 2. The van der Waals surface area contributed by atoms with Crippen molar-refractivity contribution in [1.29, 1.82) is 0 Å². The molecule has 0 aromatic carbocycles. The minimum atomic E-state index is 0.845. The first-order chi connectivity index (χ1) is 7.59. The normalized spacial score (nSPS) is 11.2. The highest BCUT2D eigenvalue weighted by molar-refractivity contribution is 7.15. The van der Waals surface area contributed by atoms with Crippen LogP contribution in [0.25, 0.3) is 4.96 Å². The Morgan fingerprint density at radius 1 is 1.56 bits per heavy atom. The summed E-state index contributed by atoms with van der Waals surface area (Å²) in [7, 11) is 0. The highest BCUT2D eigenvalue weighted by atomic mass is 32.1. The molecule has 0 saturated carbocycles. The van der Waals surface area contributed by atoms with Gasteiger partial charge in [0.05, 0.1) is 11.4 Å². The first-order valence-electron chi connectivity index (χ1n) is 5.36. The molecule has 0 aliphatic carbocycles. The number of thiazole rings is 1. The van der Waals surface area contributed by atoms with E-state index < -0.39 is 0 Å². The molecule has 0 fully saturated rings. The molecule has 0 radical (unpaired) electrons. The van der Waals surface area contributed by atoms with Crippen molar-refractivity contribution < 1.29 is 0 Å². The van der Waals surface area contributed by atoms with Gasteiger partial charge in [-0.15, -0.1) is 11.3 Å². The molecule has 16 heavy (non-hydrogen) atoms. The number of nitrogens with one attached hydrogen (secondary N) is 1. The van der Waals surface area contributed by atoms with Crippen molar-refractivity contribution in [1.82, 2.24) is 14.7 Å². The molecule has 0 aliphatic heterocycles. The van der Waals surface area contributed by atoms with Crippen molar-refractivity contribution in [3.63, 3.8) is 0 Å². The second-order valence-corrected chi connectivity index (χ2v) is 5.04. The van der Waals surface area contributed by atoms with E-state index >= 15 is 0 Å². The predicted octanol–water partition coefficient (Wildman–Crippen LogP) is 2.68. The molecule has 2 aromatic heterocycles. The van der Waals surface area contributed by atoms with Gasteiger partial charge in [0.25, 0.3) is 0 Å². The Hall–Kier alpha value is -1.13. The van der Waals surface area contributed by atoms with Crippen LogP contribution >= 0.6 is 11.3 Å². The molecule has 0 atom stereocenters. The van der Waals surface area contributed by atoms with E-state index in [9.17, 15) is 0 Å². The Balaban J connectivity index is 2.24. The van der Waals surface area contributed by atoms with Gasteiger partial charge in [0, 0.05) is 24.2 Å². The molecule has 1 N–H and O–H groups in total. The van der Waals surface area contributed by atoms with E-state index in [1.807, 2.05) is 6.92 Å². The highest BCUT2D eigenvalue weighted by Crippen LogP contribution is 2.20. The highest BCUT2D eigenvalue weighted by Gasteiger charge is 2.11. The van der Waals surface area contributed by atoms with Gasteiger partial charge >= 0.3 is 0 Å². The van der Waals surface area contributed by atoms with Crippen LogP contribution in [0.15, 0.2) is 17.5 Å². The topological polar surface area (TPSA) is 29.3 Å². The lowest BCUT2D eigenvalue weighted by atomic mass is 10.3. The first kappa shape index (κ1) is 11.4. The Bertz CT molecular complexity index is 522.